The van der Waals surface area contributed by atoms with E-state index in [1.54, 1.807) is 25.8 Å². The van der Waals surface area contributed by atoms with Crippen LogP contribution in [0.15, 0.2) is 34.4 Å². The molecule has 10 nitrogen and oxygen atoms in total. The Labute approximate surface area is 174 Å². The second-order valence-corrected chi connectivity index (χ2v) is 7.81. The van der Waals surface area contributed by atoms with Crippen LogP contribution >= 0.6 is 0 Å². The number of hydrogen-bond donors (Lipinski definition) is 0. The number of nitrogens with zero attached hydrogens (tertiary/aromatic N) is 8. The van der Waals surface area contributed by atoms with Crippen LogP contribution in [0.1, 0.15) is 18.7 Å². The lowest BCUT2D eigenvalue weighted by Gasteiger charge is -2.21. The molecular formula is C20H28N8O2. The molecule has 4 heterocycles. The fraction of sp³-hybridized carbons (Fsp3) is 0.550. The Bertz CT molecular complexity index is 1120. The van der Waals surface area contributed by atoms with Crippen molar-refractivity contribution in [3.8, 4) is 0 Å². The van der Waals surface area contributed by atoms with E-state index in [1.807, 2.05) is 10.6 Å². The molecular weight excluding hydrogens is 384 g/mol. The van der Waals surface area contributed by atoms with Gasteiger partial charge in [-0.2, -0.15) is 0 Å². The van der Waals surface area contributed by atoms with E-state index in [0.29, 0.717) is 17.7 Å². The highest BCUT2D eigenvalue weighted by Crippen LogP contribution is 2.09. The van der Waals surface area contributed by atoms with Gasteiger partial charge in [-0.05, 0) is 38.5 Å². The van der Waals surface area contributed by atoms with Crippen molar-refractivity contribution in [2.24, 2.45) is 14.1 Å². The number of rotatable bonds is 6. The molecule has 0 spiro atoms. The van der Waals surface area contributed by atoms with Crippen LogP contribution in [0, 0.1) is 0 Å². The van der Waals surface area contributed by atoms with Gasteiger partial charge < -0.3 is 9.47 Å². The minimum atomic E-state index is -0.354. The zero-order valence-electron chi connectivity index (χ0n) is 17.6. The van der Waals surface area contributed by atoms with Crippen molar-refractivity contribution in [2.45, 2.75) is 25.9 Å². The molecule has 0 N–H and O–H groups in total. The first-order valence-corrected chi connectivity index (χ1v) is 10.4. The second-order valence-electron chi connectivity index (χ2n) is 7.81. The van der Waals surface area contributed by atoms with Gasteiger partial charge in [-0.3, -0.25) is 18.8 Å². The molecule has 1 aliphatic rings. The van der Waals surface area contributed by atoms with Crippen LogP contribution in [0.25, 0.3) is 11.2 Å². The van der Waals surface area contributed by atoms with Crippen LogP contribution in [-0.2, 0) is 27.2 Å². The van der Waals surface area contributed by atoms with Crippen molar-refractivity contribution >= 4 is 11.2 Å². The summed E-state index contributed by atoms with van der Waals surface area (Å²) < 4.78 is 4.43. The molecule has 0 bridgehead atoms. The molecule has 0 unspecified atom stereocenters. The molecule has 0 aliphatic carbocycles. The van der Waals surface area contributed by atoms with E-state index in [9.17, 15) is 9.59 Å². The predicted molar refractivity (Wildman–Crippen MR) is 113 cm³/mol. The van der Waals surface area contributed by atoms with Gasteiger partial charge in [0.25, 0.3) is 5.56 Å². The van der Waals surface area contributed by atoms with Crippen LogP contribution in [0.4, 0.5) is 0 Å². The van der Waals surface area contributed by atoms with Gasteiger partial charge in [0, 0.05) is 46.1 Å². The van der Waals surface area contributed by atoms with Gasteiger partial charge in [-0.15, -0.1) is 0 Å². The molecule has 1 saturated heterocycles. The third-order valence-electron chi connectivity index (χ3n) is 5.76. The number of aromatic nitrogens is 6. The zero-order chi connectivity index (χ0) is 21.1. The predicted octanol–water partition coefficient (Wildman–Crippen LogP) is -0.178. The van der Waals surface area contributed by atoms with Crippen LogP contribution in [0.2, 0.25) is 0 Å². The van der Waals surface area contributed by atoms with Crippen LogP contribution in [0.5, 0.6) is 0 Å². The van der Waals surface area contributed by atoms with Crippen molar-refractivity contribution < 1.29 is 0 Å². The summed E-state index contributed by atoms with van der Waals surface area (Å²) in [6.45, 7) is 6.56. The number of hydrogen-bond acceptors (Lipinski definition) is 7. The van der Waals surface area contributed by atoms with Crippen molar-refractivity contribution in [3.63, 3.8) is 0 Å². The van der Waals surface area contributed by atoms with Gasteiger partial charge in [0.1, 0.15) is 5.82 Å². The summed E-state index contributed by atoms with van der Waals surface area (Å²) in [5.74, 6) is 0.869. The average Bonchev–Trinajstić information content (AvgIpc) is 3.06. The lowest BCUT2D eigenvalue weighted by Crippen LogP contribution is -2.37. The normalized spacial score (nSPS) is 16.2. The second kappa shape index (κ2) is 8.88. The van der Waals surface area contributed by atoms with Crippen LogP contribution < -0.4 is 11.2 Å². The maximum Gasteiger partial charge on any atom is 0.332 e. The third kappa shape index (κ3) is 4.19. The molecule has 0 saturated carbocycles. The van der Waals surface area contributed by atoms with E-state index in [2.05, 4.69) is 24.8 Å². The minimum absolute atomic E-state index is 0.292. The summed E-state index contributed by atoms with van der Waals surface area (Å²) in [6.07, 6.45) is 7.27. The SMILES string of the molecule is Cn1c(=O)c2c(ncn2CCCN2CCCN(Cc3ncccn3)CC2)n(C)c1=O. The largest absolute Gasteiger partial charge is 0.332 e. The first kappa shape index (κ1) is 20.4. The molecule has 1 fully saturated rings. The number of fused-ring (bicyclic) bond motifs is 1. The Morgan fingerprint density at radius 3 is 2.43 bits per heavy atom. The Kier molecular flexibility index (Phi) is 6.05. The molecule has 0 amide bonds. The minimum Gasteiger partial charge on any atom is -0.325 e. The first-order valence-electron chi connectivity index (χ1n) is 10.4. The molecule has 3 aromatic heterocycles. The van der Waals surface area contributed by atoms with Gasteiger partial charge >= 0.3 is 5.69 Å². The van der Waals surface area contributed by atoms with E-state index >= 15 is 0 Å². The lowest BCUT2D eigenvalue weighted by atomic mass is 10.3. The van der Waals surface area contributed by atoms with Crippen LogP contribution in [-0.4, -0.2) is 71.2 Å². The average molecular weight is 412 g/mol. The molecule has 3 aromatic rings. The van der Waals surface area contributed by atoms with Gasteiger partial charge in [0.15, 0.2) is 11.2 Å². The molecule has 0 radical (unpaired) electrons. The monoisotopic (exact) mass is 412 g/mol. The Morgan fingerprint density at radius 2 is 1.63 bits per heavy atom. The molecule has 10 heteroatoms. The lowest BCUT2D eigenvalue weighted by molar-refractivity contribution is 0.244. The highest BCUT2D eigenvalue weighted by molar-refractivity contribution is 5.69. The van der Waals surface area contributed by atoms with Crippen molar-refractivity contribution in [1.29, 1.82) is 0 Å². The van der Waals surface area contributed by atoms with E-state index in [0.717, 1.165) is 62.5 Å². The van der Waals surface area contributed by atoms with Crippen LogP contribution in [0.3, 0.4) is 0 Å². The quantitative estimate of drug-likeness (QED) is 0.554. The smallest absolute Gasteiger partial charge is 0.325 e. The molecule has 0 aromatic carbocycles. The summed E-state index contributed by atoms with van der Waals surface area (Å²) >= 11 is 0. The Balaban J connectivity index is 1.34. The Hall–Kier alpha value is -2.85. The Morgan fingerprint density at radius 1 is 0.900 bits per heavy atom. The molecule has 30 heavy (non-hydrogen) atoms. The van der Waals surface area contributed by atoms with E-state index in [1.165, 1.54) is 11.6 Å². The summed E-state index contributed by atoms with van der Waals surface area (Å²) in [7, 11) is 3.15. The van der Waals surface area contributed by atoms with E-state index in [4.69, 9.17) is 0 Å². The standard InChI is InChI=1S/C20H28N8O2/c1-24-18-17(19(29)25(2)20(24)30)28(15-23-18)11-5-9-26-8-4-10-27(13-12-26)14-16-21-6-3-7-22-16/h3,6-7,15H,4-5,8-14H2,1-2H3. The maximum atomic E-state index is 12.5. The maximum absolute atomic E-state index is 12.5. The summed E-state index contributed by atoms with van der Waals surface area (Å²) in [5, 5.41) is 0. The zero-order valence-corrected chi connectivity index (χ0v) is 17.6. The third-order valence-corrected chi connectivity index (χ3v) is 5.76. The summed E-state index contributed by atoms with van der Waals surface area (Å²) in [4.78, 5) is 42.4. The topological polar surface area (TPSA) is 94.1 Å². The van der Waals surface area contributed by atoms with E-state index in [-0.39, 0.29) is 11.2 Å². The molecule has 0 atom stereocenters. The van der Waals surface area contributed by atoms with Crippen molar-refractivity contribution in [1.82, 2.24) is 38.5 Å². The van der Waals surface area contributed by atoms with Gasteiger partial charge in [0.2, 0.25) is 0 Å². The van der Waals surface area contributed by atoms with Crippen molar-refractivity contribution in [3.05, 3.63) is 51.4 Å². The highest BCUT2D eigenvalue weighted by Gasteiger charge is 2.17. The van der Waals surface area contributed by atoms with E-state index < -0.39 is 0 Å². The summed E-state index contributed by atoms with van der Waals surface area (Å²) in [5.41, 5.74) is 0.285. The van der Waals surface area contributed by atoms with Gasteiger partial charge in [-0.1, -0.05) is 0 Å². The fourth-order valence-electron chi connectivity index (χ4n) is 4.05. The molecule has 4 rings (SSSR count). The van der Waals surface area contributed by atoms with Gasteiger partial charge in [0.05, 0.1) is 12.9 Å². The highest BCUT2D eigenvalue weighted by atomic mass is 16.2. The number of imidazole rings is 1. The van der Waals surface area contributed by atoms with Gasteiger partial charge in [-0.25, -0.2) is 19.7 Å². The molecule has 160 valence electrons. The fourth-order valence-corrected chi connectivity index (χ4v) is 4.05. The molecule has 1 aliphatic heterocycles. The first-order chi connectivity index (χ1) is 14.5. The van der Waals surface area contributed by atoms with Crippen molar-refractivity contribution in [2.75, 3.05) is 32.7 Å². The number of aryl methyl sites for hydroxylation is 2. The summed E-state index contributed by atoms with van der Waals surface area (Å²) in [6, 6.07) is 1.84.